The number of nitrogens with zero attached hydrogens (tertiary/aromatic N) is 3. The molecule has 1 N–H and O–H groups in total. The molecule has 1 atom stereocenters. The van der Waals surface area contributed by atoms with Crippen molar-refractivity contribution in [3.63, 3.8) is 0 Å². The van der Waals surface area contributed by atoms with Crippen LogP contribution in [-0.2, 0) is 11.2 Å². The van der Waals surface area contributed by atoms with Crippen molar-refractivity contribution in [1.82, 2.24) is 9.66 Å². The zero-order valence-corrected chi connectivity index (χ0v) is 23.2. The lowest BCUT2D eigenvalue weighted by atomic mass is 9.88. The van der Waals surface area contributed by atoms with Crippen LogP contribution in [0, 0.1) is 0 Å². The van der Waals surface area contributed by atoms with Crippen LogP contribution in [0.25, 0.3) is 10.9 Å². The van der Waals surface area contributed by atoms with Crippen LogP contribution in [0.3, 0.4) is 0 Å². The van der Waals surface area contributed by atoms with Crippen molar-refractivity contribution in [1.29, 1.82) is 0 Å². The highest BCUT2D eigenvalue weighted by molar-refractivity contribution is 9.10. The summed E-state index contributed by atoms with van der Waals surface area (Å²) in [5, 5.41) is 14.5. The lowest BCUT2D eigenvalue weighted by molar-refractivity contribution is -0.144. The predicted molar refractivity (Wildman–Crippen MR) is 152 cm³/mol. The Kier molecular flexibility index (Phi) is 8.99. The van der Waals surface area contributed by atoms with E-state index in [0.29, 0.717) is 52.4 Å². The summed E-state index contributed by atoms with van der Waals surface area (Å²) in [6.07, 6.45) is 8.01. The highest BCUT2D eigenvalue weighted by Gasteiger charge is 2.23. The number of carbonyl (C=O) groups is 1. The van der Waals surface area contributed by atoms with Gasteiger partial charge in [-0.15, -0.1) is 6.58 Å². The quantitative estimate of drug-likeness (QED) is 0.230. The largest absolute Gasteiger partial charge is 0.490 e. The van der Waals surface area contributed by atoms with Gasteiger partial charge in [-0.3, -0.25) is 4.79 Å². The van der Waals surface area contributed by atoms with Crippen LogP contribution in [0.4, 0.5) is 0 Å². The molecular formula is C29H32BrN3O5. The summed E-state index contributed by atoms with van der Waals surface area (Å²) in [7, 11) is 0. The molecular weight excluding hydrogens is 550 g/mol. The van der Waals surface area contributed by atoms with Crippen molar-refractivity contribution in [2.75, 3.05) is 6.61 Å². The van der Waals surface area contributed by atoms with Crippen molar-refractivity contribution in [3.05, 3.63) is 74.8 Å². The highest BCUT2D eigenvalue weighted by Crippen LogP contribution is 2.35. The van der Waals surface area contributed by atoms with Gasteiger partial charge in [-0.2, -0.15) is 9.78 Å². The standard InChI is InChI=1S/C29H32BrN3O5/c1-4-9-21-14-19(15-25(37-5-2)26(21)38-18(3)29(35)36)17-31-33-27(20-10-7-6-8-11-20)32-24-13-12-22(30)16-23(24)28(33)34/h4,12-18,20H,1,5-11H2,2-3H3,(H,35,36)/t18-/m1/s1. The molecule has 0 radical (unpaired) electrons. The normalized spacial score (nSPS) is 15.0. The number of ether oxygens (including phenoxy) is 2. The summed E-state index contributed by atoms with van der Waals surface area (Å²) in [6.45, 7) is 7.49. The second-order valence-electron chi connectivity index (χ2n) is 9.36. The van der Waals surface area contributed by atoms with Crippen molar-refractivity contribution in [2.45, 2.75) is 64.4 Å². The summed E-state index contributed by atoms with van der Waals surface area (Å²) < 4.78 is 13.8. The smallest absolute Gasteiger partial charge is 0.344 e. The van der Waals surface area contributed by atoms with Gasteiger partial charge in [0.25, 0.3) is 5.56 Å². The molecule has 200 valence electrons. The zero-order chi connectivity index (χ0) is 27.2. The number of aromatic nitrogens is 2. The number of fused-ring (bicyclic) bond motifs is 1. The van der Waals surface area contributed by atoms with Crippen molar-refractivity contribution >= 4 is 39.0 Å². The Labute approximate surface area is 230 Å². The van der Waals surface area contributed by atoms with Crippen molar-refractivity contribution < 1.29 is 19.4 Å². The molecule has 1 saturated carbocycles. The molecule has 2 aromatic carbocycles. The maximum atomic E-state index is 13.6. The van der Waals surface area contributed by atoms with Gasteiger partial charge in [0.15, 0.2) is 17.6 Å². The third-order valence-corrected chi connectivity index (χ3v) is 7.08. The molecule has 0 bridgehead atoms. The van der Waals surface area contributed by atoms with E-state index in [4.69, 9.17) is 14.5 Å². The van der Waals surface area contributed by atoms with Gasteiger partial charge in [0, 0.05) is 16.0 Å². The first-order valence-corrected chi connectivity index (χ1v) is 13.7. The minimum atomic E-state index is -1.08. The molecule has 9 heteroatoms. The average Bonchev–Trinajstić information content (AvgIpc) is 2.90. The maximum Gasteiger partial charge on any atom is 0.344 e. The third-order valence-electron chi connectivity index (χ3n) is 6.59. The molecule has 3 aromatic rings. The Morgan fingerprint density at radius 1 is 1.29 bits per heavy atom. The SMILES string of the molecule is C=CCc1cc(C=Nn2c(C3CCCCC3)nc3ccc(Br)cc3c2=O)cc(OCC)c1O[C@H](C)C(=O)O. The Balaban J connectivity index is 1.83. The minimum Gasteiger partial charge on any atom is -0.490 e. The van der Waals surface area contributed by atoms with Crippen molar-refractivity contribution in [2.24, 2.45) is 5.10 Å². The summed E-state index contributed by atoms with van der Waals surface area (Å²) in [5.41, 5.74) is 1.82. The number of aliphatic carboxylic acids is 1. The van der Waals surface area contributed by atoms with Crippen LogP contribution < -0.4 is 15.0 Å². The van der Waals surface area contributed by atoms with E-state index < -0.39 is 12.1 Å². The molecule has 0 aliphatic heterocycles. The summed E-state index contributed by atoms with van der Waals surface area (Å²) in [4.78, 5) is 29.9. The van der Waals surface area contributed by atoms with Crippen LogP contribution in [0.5, 0.6) is 11.5 Å². The number of allylic oxidation sites excluding steroid dienone is 1. The van der Waals surface area contributed by atoms with Gasteiger partial charge in [0.1, 0.15) is 5.82 Å². The van der Waals surface area contributed by atoms with Crippen LogP contribution in [0.15, 0.2) is 57.4 Å². The van der Waals surface area contributed by atoms with E-state index in [1.807, 2.05) is 25.1 Å². The number of halogens is 1. The first-order chi connectivity index (χ1) is 18.3. The molecule has 1 aliphatic carbocycles. The summed E-state index contributed by atoms with van der Waals surface area (Å²) in [5.74, 6) is 0.517. The molecule has 0 saturated heterocycles. The molecule has 0 amide bonds. The summed E-state index contributed by atoms with van der Waals surface area (Å²) in [6, 6.07) is 9.09. The average molecular weight is 582 g/mol. The van der Waals surface area contributed by atoms with Crippen LogP contribution in [-0.4, -0.2) is 39.7 Å². The molecule has 0 spiro atoms. The fraction of sp³-hybridized carbons (Fsp3) is 0.379. The summed E-state index contributed by atoms with van der Waals surface area (Å²) >= 11 is 3.45. The number of rotatable bonds is 10. The predicted octanol–water partition coefficient (Wildman–Crippen LogP) is 6.07. The second-order valence-corrected chi connectivity index (χ2v) is 10.3. The fourth-order valence-electron chi connectivity index (χ4n) is 4.72. The Bertz CT molecular complexity index is 1430. The lowest BCUT2D eigenvalue weighted by Crippen LogP contribution is -2.25. The van der Waals surface area contributed by atoms with Gasteiger partial charge < -0.3 is 14.6 Å². The Morgan fingerprint density at radius 3 is 2.74 bits per heavy atom. The molecule has 1 aromatic heterocycles. The molecule has 38 heavy (non-hydrogen) atoms. The Hall–Kier alpha value is -3.46. The Morgan fingerprint density at radius 2 is 2.05 bits per heavy atom. The van der Waals surface area contributed by atoms with Gasteiger partial charge in [0.05, 0.1) is 23.7 Å². The van der Waals surface area contributed by atoms with E-state index in [0.717, 1.165) is 30.2 Å². The van der Waals surface area contributed by atoms with Crippen LogP contribution in [0.2, 0.25) is 0 Å². The number of hydrogen-bond acceptors (Lipinski definition) is 6. The number of hydrogen-bond donors (Lipinski definition) is 1. The third kappa shape index (κ3) is 6.15. The van der Waals surface area contributed by atoms with E-state index in [2.05, 4.69) is 27.6 Å². The van der Waals surface area contributed by atoms with Crippen LogP contribution in [0.1, 0.15) is 68.8 Å². The minimum absolute atomic E-state index is 0.158. The van der Waals surface area contributed by atoms with Gasteiger partial charge in [0.2, 0.25) is 0 Å². The zero-order valence-electron chi connectivity index (χ0n) is 21.7. The van der Waals surface area contributed by atoms with Gasteiger partial charge in [-0.1, -0.05) is 41.3 Å². The number of carboxylic acid groups (broad SMARTS) is 1. The molecule has 1 aliphatic rings. The second kappa shape index (κ2) is 12.4. The van der Waals surface area contributed by atoms with Crippen molar-refractivity contribution in [3.8, 4) is 11.5 Å². The fourth-order valence-corrected chi connectivity index (χ4v) is 5.08. The van der Waals surface area contributed by atoms with E-state index in [1.165, 1.54) is 18.0 Å². The topological polar surface area (TPSA) is 103 Å². The van der Waals surface area contributed by atoms with E-state index in [1.54, 1.807) is 24.4 Å². The van der Waals surface area contributed by atoms with Crippen LogP contribution >= 0.6 is 15.9 Å². The first kappa shape index (κ1) is 27.6. The molecule has 4 rings (SSSR count). The molecule has 1 heterocycles. The van der Waals surface area contributed by atoms with Gasteiger partial charge in [-0.05, 0) is 69.0 Å². The molecule has 0 unspecified atom stereocenters. The van der Waals surface area contributed by atoms with Gasteiger partial charge in [-0.25, -0.2) is 9.78 Å². The van der Waals surface area contributed by atoms with E-state index in [-0.39, 0.29) is 11.5 Å². The number of carboxylic acids is 1. The monoisotopic (exact) mass is 581 g/mol. The van der Waals surface area contributed by atoms with E-state index in [9.17, 15) is 14.7 Å². The highest BCUT2D eigenvalue weighted by atomic mass is 79.9. The molecule has 1 fully saturated rings. The first-order valence-electron chi connectivity index (χ1n) is 12.9. The van der Waals surface area contributed by atoms with E-state index >= 15 is 0 Å². The maximum absolute atomic E-state index is 13.6. The molecule has 8 nitrogen and oxygen atoms in total. The lowest BCUT2D eigenvalue weighted by Gasteiger charge is -2.23. The van der Waals surface area contributed by atoms with Gasteiger partial charge >= 0.3 is 5.97 Å². The number of benzene rings is 2.